The molecule has 33 heavy (non-hydrogen) atoms. The van der Waals surface area contributed by atoms with E-state index in [2.05, 4.69) is 10.1 Å². The van der Waals surface area contributed by atoms with Crippen molar-refractivity contribution in [3.63, 3.8) is 0 Å². The first kappa shape index (κ1) is 22.5. The predicted octanol–water partition coefficient (Wildman–Crippen LogP) is 5.22. The summed E-state index contributed by atoms with van der Waals surface area (Å²) in [6.07, 6.45) is -3.55. The molecule has 8 heteroatoms. The number of halogens is 3. The molecule has 3 aromatic rings. The fourth-order valence-corrected chi connectivity index (χ4v) is 3.64. The van der Waals surface area contributed by atoms with Crippen molar-refractivity contribution >= 4 is 23.2 Å². The van der Waals surface area contributed by atoms with Crippen molar-refractivity contribution in [1.29, 1.82) is 0 Å². The van der Waals surface area contributed by atoms with Gasteiger partial charge >= 0.3 is 6.18 Å². The molecular formula is C25H21F3N2O3. The van der Waals surface area contributed by atoms with Crippen molar-refractivity contribution in [2.75, 3.05) is 23.4 Å². The number of benzene rings is 3. The lowest BCUT2D eigenvalue weighted by Crippen LogP contribution is -2.28. The number of fused-ring (bicyclic) bond motifs is 1. The van der Waals surface area contributed by atoms with Crippen LogP contribution in [0.1, 0.15) is 31.8 Å². The lowest BCUT2D eigenvalue weighted by atomic mass is 10.1. The van der Waals surface area contributed by atoms with Crippen LogP contribution >= 0.6 is 0 Å². The van der Waals surface area contributed by atoms with Gasteiger partial charge < -0.3 is 15.0 Å². The van der Waals surface area contributed by atoms with Gasteiger partial charge in [-0.05, 0) is 60.0 Å². The van der Waals surface area contributed by atoms with Crippen LogP contribution < -0.4 is 10.2 Å². The standard InChI is InChI=1S/C25H21F3N2O3/c26-25(27,28)16-33-15-17-5-7-19(8-6-17)23(31)29-21-11-9-20(10-12-21)24(32)30-14-13-18-3-1-2-4-22(18)30/h1-12H,13-16H2,(H,29,31). The Morgan fingerprint density at radius 3 is 2.27 bits per heavy atom. The molecule has 0 unspecified atom stereocenters. The van der Waals surface area contributed by atoms with Gasteiger partial charge in [0.15, 0.2) is 0 Å². The number of alkyl halides is 3. The Hall–Kier alpha value is -3.65. The summed E-state index contributed by atoms with van der Waals surface area (Å²) in [4.78, 5) is 27.1. The molecule has 2 amide bonds. The lowest BCUT2D eigenvalue weighted by molar-refractivity contribution is -0.176. The fraction of sp³-hybridized carbons (Fsp3) is 0.200. The average Bonchev–Trinajstić information content (AvgIpc) is 3.23. The summed E-state index contributed by atoms with van der Waals surface area (Å²) in [7, 11) is 0. The van der Waals surface area contributed by atoms with Crippen LogP contribution in [-0.4, -0.2) is 31.1 Å². The molecule has 0 saturated carbocycles. The number of carbonyl (C=O) groups excluding carboxylic acids is 2. The molecular weight excluding hydrogens is 433 g/mol. The number of anilines is 2. The van der Waals surface area contributed by atoms with E-state index in [0.29, 0.717) is 28.9 Å². The number of hydrogen-bond donors (Lipinski definition) is 1. The van der Waals surface area contributed by atoms with Gasteiger partial charge in [-0.3, -0.25) is 9.59 Å². The molecule has 1 aliphatic rings. The van der Waals surface area contributed by atoms with Crippen molar-refractivity contribution in [2.45, 2.75) is 19.2 Å². The van der Waals surface area contributed by atoms with Gasteiger partial charge in [0.1, 0.15) is 6.61 Å². The van der Waals surface area contributed by atoms with Gasteiger partial charge in [0.05, 0.1) is 6.61 Å². The number of para-hydroxylation sites is 1. The minimum absolute atomic E-state index is 0.0962. The van der Waals surface area contributed by atoms with Crippen LogP contribution in [0.2, 0.25) is 0 Å². The van der Waals surface area contributed by atoms with E-state index in [1.165, 1.54) is 12.1 Å². The summed E-state index contributed by atoms with van der Waals surface area (Å²) in [6.45, 7) is -0.885. The van der Waals surface area contributed by atoms with E-state index in [-0.39, 0.29) is 18.4 Å². The summed E-state index contributed by atoms with van der Waals surface area (Å²) >= 11 is 0. The molecule has 0 fully saturated rings. The van der Waals surface area contributed by atoms with Crippen LogP contribution in [0.3, 0.4) is 0 Å². The number of hydrogen-bond acceptors (Lipinski definition) is 3. The zero-order valence-electron chi connectivity index (χ0n) is 17.6. The number of ether oxygens (including phenoxy) is 1. The van der Waals surface area contributed by atoms with Gasteiger partial charge in [-0.2, -0.15) is 13.2 Å². The lowest BCUT2D eigenvalue weighted by Gasteiger charge is -2.17. The van der Waals surface area contributed by atoms with Crippen molar-refractivity contribution in [3.8, 4) is 0 Å². The zero-order valence-corrected chi connectivity index (χ0v) is 17.6. The van der Waals surface area contributed by atoms with Gasteiger partial charge in [-0.25, -0.2) is 0 Å². The number of nitrogens with zero attached hydrogens (tertiary/aromatic N) is 1. The smallest absolute Gasteiger partial charge is 0.367 e. The Labute approximate surface area is 188 Å². The third kappa shape index (κ3) is 5.59. The van der Waals surface area contributed by atoms with Gasteiger partial charge in [-0.1, -0.05) is 30.3 Å². The van der Waals surface area contributed by atoms with Gasteiger partial charge in [-0.15, -0.1) is 0 Å². The van der Waals surface area contributed by atoms with Crippen molar-refractivity contribution in [1.82, 2.24) is 0 Å². The van der Waals surface area contributed by atoms with Crippen LogP contribution in [0.4, 0.5) is 24.5 Å². The second-order valence-corrected chi connectivity index (χ2v) is 7.67. The SMILES string of the molecule is O=C(Nc1ccc(C(=O)N2CCc3ccccc32)cc1)c1ccc(COCC(F)(F)F)cc1. The highest BCUT2D eigenvalue weighted by atomic mass is 19.4. The number of rotatable bonds is 6. The average molecular weight is 454 g/mol. The summed E-state index contributed by atoms with van der Waals surface area (Å²) in [6, 6.07) is 20.6. The highest BCUT2D eigenvalue weighted by molar-refractivity contribution is 6.08. The van der Waals surface area contributed by atoms with Crippen LogP contribution in [0.15, 0.2) is 72.8 Å². The molecule has 0 bridgehead atoms. The van der Waals surface area contributed by atoms with Gasteiger partial charge in [0.2, 0.25) is 0 Å². The van der Waals surface area contributed by atoms with Crippen molar-refractivity contribution < 1.29 is 27.5 Å². The number of carbonyl (C=O) groups is 2. The normalized spacial score (nSPS) is 13.0. The van der Waals surface area contributed by atoms with E-state index < -0.39 is 12.8 Å². The molecule has 1 N–H and O–H groups in total. The minimum Gasteiger partial charge on any atom is -0.367 e. The molecule has 0 atom stereocenters. The van der Waals surface area contributed by atoms with E-state index >= 15 is 0 Å². The molecule has 5 nitrogen and oxygen atoms in total. The fourth-order valence-electron chi connectivity index (χ4n) is 3.64. The first-order valence-electron chi connectivity index (χ1n) is 10.3. The molecule has 0 aromatic heterocycles. The van der Waals surface area contributed by atoms with E-state index in [9.17, 15) is 22.8 Å². The highest BCUT2D eigenvalue weighted by Gasteiger charge is 2.27. The van der Waals surface area contributed by atoms with Crippen molar-refractivity contribution in [2.24, 2.45) is 0 Å². The monoisotopic (exact) mass is 454 g/mol. The zero-order chi connectivity index (χ0) is 23.4. The number of nitrogens with one attached hydrogen (secondary N) is 1. The molecule has 0 saturated heterocycles. The Bertz CT molecular complexity index is 1140. The van der Waals surface area contributed by atoms with E-state index in [1.54, 1.807) is 41.3 Å². The molecule has 1 heterocycles. The summed E-state index contributed by atoms with van der Waals surface area (Å²) in [5.41, 5.74) is 3.99. The summed E-state index contributed by atoms with van der Waals surface area (Å²) < 4.78 is 41.0. The minimum atomic E-state index is -4.38. The van der Waals surface area contributed by atoms with E-state index in [1.807, 2.05) is 24.3 Å². The first-order valence-corrected chi connectivity index (χ1v) is 10.3. The molecule has 0 aliphatic carbocycles. The second kappa shape index (κ2) is 9.46. The van der Waals surface area contributed by atoms with Crippen molar-refractivity contribution in [3.05, 3.63) is 95.1 Å². The van der Waals surface area contributed by atoms with E-state index in [0.717, 1.165) is 17.7 Å². The Morgan fingerprint density at radius 1 is 0.909 bits per heavy atom. The Balaban J connectivity index is 1.34. The third-order valence-corrected chi connectivity index (χ3v) is 5.27. The molecule has 170 valence electrons. The maximum atomic E-state index is 12.9. The molecule has 3 aromatic carbocycles. The van der Waals surface area contributed by atoms with Crippen LogP contribution in [-0.2, 0) is 17.8 Å². The molecule has 4 rings (SSSR count). The highest BCUT2D eigenvalue weighted by Crippen LogP contribution is 2.29. The van der Waals surface area contributed by atoms with Crippen LogP contribution in [0.25, 0.3) is 0 Å². The first-order chi connectivity index (χ1) is 15.8. The van der Waals surface area contributed by atoms with Crippen LogP contribution in [0.5, 0.6) is 0 Å². The maximum Gasteiger partial charge on any atom is 0.411 e. The molecule has 0 spiro atoms. The quantitative estimate of drug-likeness (QED) is 0.556. The summed E-state index contributed by atoms with van der Waals surface area (Å²) in [5, 5.41) is 2.75. The number of amides is 2. The summed E-state index contributed by atoms with van der Waals surface area (Å²) in [5.74, 6) is -0.466. The van der Waals surface area contributed by atoms with E-state index in [4.69, 9.17) is 0 Å². The second-order valence-electron chi connectivity index (χ2n) is 7.67. The predicted molar refractivity (Wildman–Crippen MR) is 118 cm³/mol. The molecule has 1 aliphatic heterocycles. The van der Waals surface area contributed by atoms with Crippen LogP contribution in [0, 0.1) is 0 Å². The Kier molecular flexibility index (Phi) is 6.46. The maximum absolute atomic E-state index is 12.9. The van der Waals surface area contributed by atoms with Gasteiger partial charge in [0.25, 0.3) is 11.8 Å². The Morgan fingerprint density at radius 2 is 1.58 bits per heavy atom. The van der Waals surface area contributed by atoms with Gasteiger partial charge in [0, 0.05) is 29.0 Å². The third-order valence-electron chi connectivity index (χ3n) is 5.27. The topological polar surface area (TPSA) is 58.6 Å². The molecule has 0 radical (unpaired) electrons. The largest absolute Gasteiger partial charge is 0.411 e.